The van der Waals surface area contributed by atoms with E-state index in [1.54, 1.807) is 24.3 Å². The first-order valence-electron chi connectivity index (χ1n) is 7.89. The van der Waals surface area contributed by atoms with Gasteiger partial charge in [0.05, 0.1) is 18.4 Å². The lowest BCUT2D eigenvalue weighted by Gasteiger charge is -2.29. The Morgan fingerprint density at radius 2 is 1.88 bits per heavy atom. The predicted octanol–water partition coefficient (Wildman–Crippen LogP) is 1.60. The summed E-state index contributed by atoms with van der Waals surface area (Å²) < 4.78 is 32.5. The number of fused-ring (bicyclic) bond motifs is 2. The third kappa shape index (κ3) is 4.47. The van der Waals surface area contributed by atoms with Crippen molar-refractivity contribution in [2.45, 2.75) is 49.6 Å². The van der Waals surface area contributed by atoms with E-state index in [9.17, 15) is 13.2 Å². The van der Waals surface area contributed by atoms with E-state index < -0.39 is 16.0 Å². The number of piperidine rings is 1. The minimum Gasteiger partial charge on any atom is -0.465 e. The van der Waals surface area contributed by atoms with E-state index in [0.717, 1.165) is 25.7 Å². The number of carbonyl (C=O) groups is 1. The zero-order chi connectivity index (χ0) is 16.4. The van der Waals surface area contributed by atoms with Crippen molar-refractivity contribution in [2.24, 2.45) is 0 Å². The van der Waals surface area contributed by atoms with Gasteiger partial charge in [-0.25, -0.2) is 17.9 Å². The van der Waals surface area contributed by atoms with Crippen LogP contribution >= 0.6 is 12.4 Å². The van der Waals surface area contributed by atoms with Crippen LogP contribution in [0.25, 0.3) is 0 Å². The topological polar surface area (TPSA) is 84.5 Å². The van der Waals surface area contributed by atoms with Crippen molar-refractivity contribution in [3.05, 3.63) is 35.4 Å². The largest absolute Gasteiger partial charge is 0.465 e. The Balaban J connectivity index is 0.00000208. The second-order valence-electron chi connectivity index (χ2n) is 6.33. The van der Waals surface area contributed by atoms with Gasteiger partial charge >= 0.3 is 5.97 Å². The number of nitrogens with one attached hydrogen (secondary N) is 2. The number of hydrogen-bond acceptors (Lipinski definition) is 5. The summed E-state index contributed by atoms with van der Waals surface area (Å²) in [5.74, 6) is -0.729. The van der Waals surface area contributed by atoms with Crippen LogP contribution in [0.4, 0.5) is 0 Å². The summed E-state index contributed by atoms with van der Waals surface area (Å²) in [6.45, 7) is 0. The molecule has 0 spiro atoms. The first-order valence-corrected chi connectivity index (χ1v) is 9.54. The molecule has 2 unspecified atom stereocenters. The Morgan fingerprint density at radius 1 is 1.25 bits per heavy atom. The second kappa shape index (κ2) is 7.82. The van der Waals surface area contributed by atoms with Crippen LogP contribution in [0, 0.1) is 0 Å². The maximum Gasteiger partial charge on any atom is 0.338 e. The lowest BCUT2D eigenvalue weighted by atomic mass is 10.0. The highest BCUT2D eigenvalue weighted by Gasteiger charge is 2.35. The zero-order valence-corrected chi connectivity index (χ0v) is 15.2. The molecule has 2 atom stereocenters. The van der Waals surface area contributed by atoms with Crippen LogP contribution < -0.4 is 10.0 Å². The number of sulfonamides is 1. The molecule has 2 aliphatic heterocycles. The monoisotopic (exact) mass is 374 g/mol. The summed E-state index contributed by atoms with van der Waals surface area (Å²) in [6, 6.07) is 7.47. The summed E-state index contributed by atoms with van der Waals surface area (Å²) >= 11 is 0. The third-order valence-electron chi connectivity index (χ3n) is 4.59. The summed E-state index contributed by atoms with van der Waals surface area (Å²) in [4.78, 5) is 11.8. The summed E-state index contributed by atoms with van der Waals surface area (Å²) in [7, 11) is -2.21. The van der Waals surface area contributed by atoms with Crippen LogP contribution in [0.2, 0.25) is 0 Å². The van der Waals surface area contributed by atoms with E-state index in [0.29, 0.717) is 23.2 Å². The average molecular weight is 375 g/mol. The number of hydrogen-bond donors (Lipinski definition) is 2. The molecule has 1 aromatic rings. The molecule has 6 nitrogen and oxygen atoms in total. The molecule has 0 aliphatic carbocycles. The van der Waals surface area contributed by atoms with Gasteiger partial charge in [-0.1, -0.05) is 18.2 Å². The van der Waals surface area contributed by atoms with Crippen LogP contribution in [0.1, 0.15) is 41.6 Å². The highest BCUT2D eigenvalue weighted by molar-refractivity contribution is 7.88. The molecule has 1 aromatic carbocycles. The molecule has 134 valence electrons. The fourth-order valence-corrected chi connectivity index (χ4v) is 5.05. The van der Waals surface area contributed by atoms with Gasteiger partial charge in [-0.15, -0.1) is 12.4 Å². The Hall–Kier alpha value is -1.15. The van der Waals surface area contributed by atoms with Gasteiger partial charge in [0.2, 0.25) is 10.0 Å². The molecule has 0 radical (unpaired) electrons. The van der Waals surface area contributed by atoms with Crippen LogP contribution in [-0.4, -0.2) is 39.6 Å². The van der Waals surface area contributed by atoms with Crippen LogP contribution in [0.15, 0.2) is 24.3 Å². The SMILES string of the molecule is COC(=O)c1ccccc1CS(=O)(=O)NC1CC2CCC(C1)N2.Cl. The number of esters is 1. The van der Waals surface area contributed by atoms with Crippen molar-refractivity contribution in [2.75, 3.05) is 7.11 Å². The molecule has 8 heteroatoms. The Bertz CT molecular complexity index is 683. The van der Waals surface area contributed by atoms with Crippen molar-refractivity contribution in [1.29, 1.82) is 0 Å². The average Bonchev–Trinajstić information content (AvgIpc) is 2.85. The first kappa shape index (κ1) is 19.2. The minimum atomic E-state index is -3.50. The molecule has 2 aliphatic rings. The van der Waals surface area contributed by atoms with Gasteiger partial charge in [0.1, 0.15) is 0 Å². The fraction of sp³-hybridized carbons (Fsp3) is 0.562. The fourth-order valence-electron chi connectivity index (χ4n) is 3.61. The van der Waals surface area contributed by atoms with E-state index in [4.69, 9.17) is 4.74 Å². The quantitative estimate of drug-likeness (QED) is 0.765. The van der Waals surface area contributed by atoms with E-state index in [1.807, 2.05) is 0 Å². The smallest absolute Gasteiger partial charge is 0.338 e. The summed E-state index contributed by atoms with van der Waals surface area (Å²) in [6.07, 6.45) is 3.89. The number of benzene rings is 1. The van der Waals surface area contributed by atoms with Crippen molar-refractivity contribution in [3.63, 3.8) is 0 Å². The lowest BCUT2D eigenvalue weighted by Crippen LogP contribution is -2.48. The van der Waals surface area contributed by atoms with E-state index in [1.165, 1.54) is 7.11 Å². The van der Waals surface area contributed by atoms with Gasteiger partial charge in [0, 0.05) is 18.1 Å². The third-order valence-corrected chi connectivity index (χ3v) is 5.97. The molecule has 2 bridgehead atoms. The van der Waals surface area contributed by atoms with Gasteiger partial charge in [0.15, 0.2) is 0 Å². The number of rotatable bonds is 5. The van der Waals surface area contributed by atoms with Crippen LogP contribution in [0.3, 0.4) is 0 Å². The second-order valence-corrected chi connectivity index (χ2v) is 8.09. The molecule has 2 saturated heterocycles. The number of halogens is 1. The van der Waals surface area contributed by atoms with E-state index in [2.05, 4.69) is 10.0 Å². The van der Waals surface area contributed by atoms with Gasteiger partial charge in [-0.2, -0.15) is 0 Å². The molecule has 2 N–H and O–H groups in total. The Morgan fingerprint density at radius 3 is 2.50 bits per heavy atom. The maximum atomic E-state index is 12.5. The number of methoxy groups -OCH3 is 1. The highest BCUT2D eigenvalue weighted by atomic mass is 35.5. The van der Waals surface area contributed by atoms with Crippen LogP contribution in [-0.2, 0) is 20.5 Å². The molecule has 0 saturated carbocycles. The molecular weight excluding hydrogens is 352 g/mol. The number of carbonyl (C=O) groups excluding carboxylic acids is 1. The molecule has 0 aromatic heterocycles. The molecule has 3 rings (SSSR count). The van der Waals surface area contributed by atoms with Gasteiger partial charge in [-0.05, 0) is 37.3 Å². The van der Waals surface area contributed by atoms with Crippen LogP contribution in [0.5, 0.6) is 0 Å². The van der Waals surface area contributed by atoms with Crippen molar-refractivity contribution >= 4 is 28.4 Å². The van der Waals surface area contributed by atoms with Gasteiger partial charge in [0.25, 0.3) is 0 Å². The summed E-state index contributed by atoms with van der Waals surface area (Å²) in [5, 5.41) is 3.49. The van der Waals surface area contributed by atoms with Crippen molar-refractivity contribution in [1.82, 2.24) is 10.0 Å². The van der Waals surface area contributed by atoms with E-state index >= 15 is 0 Å². The van der Waals surface area contributed by atoms with E-state index in [-0.39, 0.29) is 24.2 Å². The van der Waals surface area contributed by atoms with Gasteiger partial charge < -0.3 is 10.1 Å². The Labute approximate surface area is 148 Å². The molecule has 2 heterocycles. The zero-order valence-electron chi connectivity index (χ0n) is 13.5. The van der Waals surface area contributed by atoms with Crippen molar-refractivity contribution < 1.29 is 17.9 Å². The summed E-state index contributed by atoms with van der Waals surface area (Å²) in [5.41, 5.74) is 0.759. The minimum absolute atomic E-state index is 0. The first-order chi connectivity index (χ1) is 11.0. The van der Waals surface area contributed by atoms with Crippen molar-refractivity contribution in [3.8, 4) is 0 Å². The highest BCUT2D eigenvalue weighted by Crippen LogP contribution is 2.27. The Kier molecular flexibility index (Phi) is 6.25. The molecular formula is C16H23ClN2O4S. The normalized spacial score (nSPS) is 25.8. The predicted molar refractivity (Wildman–Crippen MR) is 93.8 cm³/mol. The molecule has 0 amide bonds. The van der Waals surface area contributed by atoms with Gasteiger partial charge in [-0.3, -0.25) is 0 Å². The number of ether oxygens (including phenoxy) is 1. The standard InChI is InChI=1S/C16H22N2O4S.ClH/c1-22-16(19)15-5-3-2-4-11(15)10-23(20,21)18-14-8-12-6-7-13(9-14)17-12;/h2-5,12-14,17-18H,6-10H2,1H3;1H. The maximum absolute atomic E-state index is 12.5. The molecule has 2 fully saturated rings. The molecule has 24 heavy (non-hydrogen) atoms. The lowest BCUT2D eigenvalue weighted by molar-refractivity contribution is 0.0600.